The highest BCUT2D eigenvalue weighted by Gasteiger charge is 2.21. The highest BCUT2D eigenvalue weighted by Crippen LogP contribution is 2.36. The van der Waals surface area contributed by atoms with Crippen LogP contribution in [0.1, 0.15) is 37.2 Å². The number of allylic oxidation sites excluding steroid dienone is 4. The normalized spacial score (nSPS) is 23.2. The van der Waals surface area contributed by atoms with Crippen LogP contribution in [-0.2, 0) is 0 Å². The third-order valence-electron chi connectivity index (χ3n) is 3.85. The standard InChI is InChI=1S/C17H17F2N/c18-16-10-9-15(12-17(16)19)14-7-5-13(6-8-14)4-2-1-3-11-20/h1-4,9-10,12-14H,5-8H2. The summed E-state index contributed by atoms with van der Waals surface area (Å²) in [7, 11) is 0. The Morgan fingerprint density at radius 3 is 2.45 bits per heavy atom. The van der Waals surface area contributed by atoms with E-state index in [0.717, 1.165) is 31.2 Å². The highest BCUT2D eigenvalue weighted by molar-refractivity contribution is 5.22. The van der Waals surface area contributed by atoms with Crippen molar-refractivity contribution in [2.24, 2.45) is 5.92 Å². The second-order valence-electron chi connectivity index (χ2n) is 5.16. The van der Waals surface area contributed by atoms with Gasteiger partial charge in [-0.1, -0.05) is 24.3 Å². The van der Waals surface area contributed by atoms with Gasteiger partial charge in [0, 0.05) is 6.08 Å². The molecule has 1 saturated carbocycles. The zero-order chi connectivity index (χ0) is 14.4. The second kappa shape index (κ2) is 7.00. The maximum atomic E-state index is 13.2. The predicted octanol–water partition coefficient (Wildman–Crippen LogP) is 4.87. The van der Waals surface area contributed by atoms with E-state index in [9.17, 15) is 8.78 Å². The molecule has 2 rings (SSSR count). The van der Waals surface area contributed by atoms with Gasteiger partial charge in [-0.25, -0.2) is 8.78 Å². The molecule has 1 nitrogen and oxygen atoms in total. The summed E-state index contributed by atoms with van der Waals surface area (Å²) in [4.78, 5) is 0. The number of halogens is 2. The van der Waals surface area contributed by atoms with Crippen LogP contribution in [0.5, 0.6) is 0 Å². The molecule has 1 aliphatic rings. The van der Waals surface area contributed by atoms with Crippen molar-refractivity contribution in [2.75, 3.05) is 0 Å². The molecule has 1 aliphatic carbocycles. The first-order valence-electron chi connectivity index (χ1n) is 6.88. The van der Waals surface area contributed by atoms with E-state index in [2.05, 4.69) is 6.08 Å². The number of benzene rings is 1. The largest absolute Gasteiger partial charge is 0.204 e. The van der Waals surface area contributed by atoms with Crippen molar-refractivity contribution in [1.29, 1.82) is 5.26 Å². The quantitative estimate of drug-likeness (QED) is 0.569. The first kappa shape index (κ1) is 14.5. The summed E-state index contributed by atoms with van der Waals surface area (Å²) >= 11 is 0. The maximum Gasteiger partial charge on any atom is 0.159 e. The van der Waals surface area contributed by atoms with Crippen LogP contribution in [0.3, 0.4) is 0 Å². The van der Waals surface area contributed by atoms with Crippen LogP contribution in [0.25, 0.3) is 0 Å². The molecule has 0 heterocycles. The van der Waals surface area contributed by atoms with E-state index in [1.54, 1.807) is 12.1 Å². The molecular formula is C17H17F2N. The SMILES string of the molecule is N#CC=CC=CC1CCC(c2ccc(F)c(F)c2)CC1. The molecule has 0 radical (unpaired) electrons. The van der Waals surface area contributed by atoms with E-state index < -0.39 is 11.6 Å². The van der Waals surface area contributed by atoms with Gasteiger partial charge in [0.05, 0.1) is 6.07 Å². The van der Waals surface area contributed by atoms with E-state index in [1.807, 2.05) is 12.1 Å². The van der Waals surface area contributed by atoms with Crippen LogP contribution in [0.4, 0.5) is 8.78 Å². The Morgan fingerprint density at radius 1 is 1.05 bits per heavy atom. The third kappa shape index (κ3) is 3.77. The molecule has 0 aromatic heterocycles. The molecule has 20 heavy (non-hydrogen) atoms. The molecular weight excluding hydrogens is 256 g/mol. The molecule has 1 aromatic carbocycles. The number of rotatable bonds is 3. The average molecular weight is 273 g/mol. The minimum Gasteiger partial charge on any atom is -0.204 e. The molecule has 0 bridgehead atoms. The maximum absolute atomic E-state index is 13.2. The van der Waals surface area contributed by atoms with Crippen LogP contribution in [0.2, 0.25) is 0 Å². The Balaban J connectivity index is 1.91. The monoisotopic (exact) mass is 273 g/mol. The van der Waals surface area contributed by atoms with E-state index in [-0.39, 0.29) is 0 Å². The van der Waals surface area contributed by atoms with Gasteiger partial charge in [0.25, 0.3) is 0 Å². The number of hydrogen-bond acceptors (Lipinski definition) is 1. The molecule has 104 valence electrons. The summed E-state index contributed by atoms with van der Waals surface area (Å²) in [5, 5.41) is 8.38. The van der Waals surface area contributed by atoms with Gasteiger partial charge in [0.15, 0.2) is 11.6 Å². The molecule has 0 aliphatic heterocycles. The van der Waals surface area contributed by atoms with Crippen molar-refractivity contribution in [1.82, 2.24) is 0 Å². The lowest BCUT2D eigenvalue weighted by Crippen LogP contribution is -2.12. The zero-order valence-corrected chi connectivity index (χ0v) is 11.2. The molecule has 1 aromatic rings. The molecule has 0 unspecified atom stereocenters. The molecule has 0 atom stereocenters. The fraction of sp³-hybridized carbons (Fsp3) is 0.353. The summed E-state index contributed by atoms with van der Waals surface area (Å²) < 4.78 is 26.1. The van der Waals surface area contributed by atoms with Gasteiger partial charge in [0.1, 0.15) is 0 Å². The first-order valence-corrected chi connectivity index (χ1v) is 6.88. The molecule has 1 fully saturated rings. The Labute approximate surface area is 118 Å². The lowest BCUT2D eigenvalue weighted by Gasteiger charge is -2.27. The summed E-state index contributed by atoms with van der Waals surface area (Å²) in [5.74, 6) is -0.704. The van der Waals surface area contributed by atoms with Crippen molar-refractivity contribution in [3.05, 3.63) is 59.7 Å². The van der Waals surface area contributed by atoms with E-state index in [4.69, 9.17) is 5.26 Å². The predicted molar refractivity (Wildman–Crippen MR) is 75.0 cm³/mol. The lowest BCUT2D eigenvalue weighted by atomic mass is 9.78. The first-order chi connectivity index (χ1) is 9.70. The topological polar surface area (TPSA) is 23.8 Å². The van der Waals surface area contributed by atoms with Crippen LogP contribution in [0, 0.1) is 28.9 Å². The van der Waals surface area contributed by atoms with E-state index in [0.29, 0.717) is 11.8 Å². The summed E-state index contributed by atoms with van der Waals surface area (Å²) in [6, 6.07) is 6.17. The fourth-order valence-corrected chi connectivity index (χ4v) is 2.73. The van der Waals surface area contributed by atoms with Crippen molar-refractivity contribution in [2.45, 2.75) is 31.6 Å². The van der Waals surface area contributed by atoms with Gasteiger partial charge < -0.3 is 0 Å². The number of nitrogens with zero attached hydrogens (tertiary/aromatic N) is 1. The van der Waals surface area contributed by atoms with E-state index in [1.165, 1.54) is 18.2 Å². The Bertz CT molecular complexity index is 547. The van der Waals surface area contributed by atoms with Gasteiger partial charge >= 0.3 is 0 Å². The van der Waals surface area contributed by atoms with Crippen LogP contribution in [-0.4, -0.2) is 0 Å². The highest BCUT2D eigenvalue weighted by atomic mass is 19.2. The molecule has 3 heteroatoms. The Kier molecular flexibility index (Phi) is 5.06. The average Bonchev–Trinajstić information content (AvgIpc) is 2.47. The molecule has 0 N–H and O–H groups in total. The molecule has 0 amide bonds. The Morgan fingerprint density at radius 2 is 1.80 bits per heavy atom. The molecule has 0 spiro atoms. The van der Waals surface area contributed by atoms with Gasteiger partial charge in [-0.3, -0.25) is 0 Å². The number of hydrogen-bond donors (Lipinski definition) is 0. The minimum atomic E-state index is -0.783. The van der Waals surface area contributed by atoms with Gasteiger partial charge in [0.2, 0.25) is 0 Å². The van der Waals surface area contributed by atoms with E-state index >= 15 is 0 Å². The van der Waals surface area contributed by atoms with Gasteiger partial charge in [-0.2, -0.15) is 5.26 Å². The lowest BCUT2D eigenvalue weighted by molar-refractivity contribution is 0.374. The third-order valence-corrected chi connectivity index (χ3v) is 3.85. The smallest absolute Gasteiger partial charge is 0.159 e. The van der Waals surface area contributed by atoms with Gasteiger partial charge in [-0.15, -0.1) is 0 Å². The summed E-state index contributed by atoms with van der Waals surface area (Å²) in [5.41, 5.74) is 0.899. The Hall–Kier alpha value is -1.95. The number of nitriles is 1. The zero-order valence-electron chi connectivity index (χ0n) is 11.2. The minimum absolute atomic E-state index is 0.324. The summed E-state index contributed by atoms with van der Waals surface area (Å²) in [6.07, 6.45) is 11.3. The van der Waals surface area contributed by atoms with Crippen LogP contribution < -0.4 is 0 Å². The fourth-order valence-electron chi connectivity index (χ4n) is 2.73. The van der Waals surface area contributed by atoms with Crippen molar-refractivity contribution < 1.29 is 8.78 Å². The second-order valence-corrected chi connectivity index (χ2v) is 5.16. The van der Waals surface area contributed by atoms with Crippen molar-refractivity contribution >= 4 is 0 Å². The van der Waals surface area contributed by atoms with Gasteiger partial charge in [-0.05, 0) is 55.2 Å². The molecule has 0 saturated heterocycles. The van der Waals surface area contributed by atoms with Crippen molar-refractivity contribution in [3.8, 4) is 6.07 Å². The van der Waals surface area contributed by atoms with Crippen molar-refractivity contribution in [3.63, 3.8) is 0 Å². The summed E-state index contributed by atoms with van der Waals surface area (Å²) in [6.45, 7) is 0. The van der Waals surface area contributed by atoms with Crippen LogP contribution in [0.15, 0.2) is 42.5 Å². The van der Waals surface area contributed by atoms with Crippen LogP contribution >= 0.6 is 0 Å².